The molecule has 70 valence electrons. The van der Waals surface area contributed by atoms with Gasteiger partial charge in [0.05, 0.1) is 11.4 Å². The Morgan fingerprint density at radius 1 is 1.23 bits per heavy atom. The number of aryl methyl sites for hydroxylation is 1. The molecular weight excluding hydrogens is 160 g/mol. The molecule has 0 aliphatic rings. The fourth-order valence-corrected chi connectivity index (χ4v) is 0.741. The predicted octanol–water partition coefficient (Wildman–Crippen LogP) is 3.01. The minimum absolute atomic E-state index is 0.896. The van der Waals surface area contributed by atoms with Gasteiger partial charge in [0.1, 0.15) is 0 Å². The van der Waals surface area contributed by atoms with Crippen LogP contribution in [0.1, 0.15) is 25.2 Å². The van der Waals surface area contributed by atoms with Gasteiger partial charge in [0, 0.05) is 12.4 Å². The van der Waals surface area contributed by atoms with Crippen LogP contribution in [0.4, 0.5) is 0 Å². The molecule has 0 aliphatic heterocycles. The van der Waals surface area contributed by atoms with Crippen LogP contribution in [0, 0.1) is 6.92 Å². The summed E-state index contributed by atoms with van der Waals surface area (Å²) in [6.45, 7) is 9.50. The third-order valence-corrected chi connectivity index (χ3v) is 1.31. The molecule has 0 aromatic carbocycles. The molecule has 1 aromatic heterocycles. The summed E-state index contributed by atoms with van der Waals surface area (Å²) in [5, 5.41) is 0. The largest absolute Gasteiger partial charge is 0.258 e. The fraction of sp³-hybridized carbons (Fsp3) is 0.273. The van der Waals surface area contributed by atoms with Crippen molar-refractivity contribution in [2.24, 2.45) is 0 Å². The zero-order valence-corrected chi connectivity index (χ0v) is 8.49. The predicted molar refractivity (Wildman–Crippen MR) is 57.3 cm³/mol. The molecule has 1 aromatic rings. The van der Waals surface area contributed by atoms with Crippen LogP contribution < -0.4 is 0 Å². The highest BCUT2D eigenvalue weighted by molar-refractivity contribution is 5.48. The van der Waals surface area contributed by atoms with Crippen molar-refractivity contribution in [3.8, 4) is 0 Å². The molecule has 2 heteroatoms. The van der Waals surface area contributed by atoms with Crippen molar-refractivity contribution in [1.82, 2.24) is 9.97 Å². The van der Waals surface area contributed by atoms with Gasteiger partial charge in [0.25, 0.3) is 0 Å². The zero-order chi connectivity index (χ0) is 10.1. The first-order chi connectivity index (χ1) is 6.34. The van der Waals surface area contributed by atoms with Crippen LogP contribution in [-0.4, -0.2) is 9.97 Å². The van der Waals surface area contributed by atoms with Gasteiger partial charge in [-0.25, -0.2) is 0 Å². The summed E-state index contributed by atoms with van der Waals surface area (Å²) >= 11 is 0. The lowest BCUT2D eigenvalue weighted by Crippen LogP contribution is -1.88. The topological polar surface area (TPSA) is 25.8 Å². The van der Waals surface area contributed by atoms with Gasteiger partial charge in [-0.2, -0.15) is 0 Å². The molecule has 0 aliphatic carbocycles. The Balaban J connectivity index is 0.000000671. The van der Waals surface area contributed by atoms with E-state index in [-0.39, 0.29) is 0 Å². The first-order valence-corrected chi connectivity index (χ1v) is 4.41. The van der Waals surface area contributed by atoms with Crippen LogP contribution in [0.5, 0.6) is 0 Å². The van der Waals surface area contributed by atoms with Crippen molar-refractivity contribution >= 4 is 6.08 Å². The summed E-state index contributed by atoms with van der Waals surface area (Å²) in [6.07, 6.45) is 8.80. The molecule has 1 rings (SSSR count). The van der Waals surface area contributed by atoms with E-state index in [9.17, 15) is 0 Å². The van der Waals surface area contributed by atoms with E-state index < -0.39 is 0 Å². The molecule has 0 radical (unpaired) electrons. The van der Waals surface area contributed by atoms with Crippen LogP contribution in [0.15, 0.2) is 31.1 Å². The number of hydrogen-bond acceptors (Lipinski definition) is 2. The highest BCUT2D eigenvalue weighted by Gasteiger charge is 1.91. The van der Waals surface area contributed by atoms with Gasteiger partial charge in [0.2, 0.25) is 0 Å². The van der Waals surface area contributed by atoms with E-state index >= 15 is 0 Å². The Morgan fingerprint density at radius 2 is 1.85 bits per heavy atom. The monoisotopic (exact) mass is 176 g/mol. The van der Waals surface area contributed by atoms with Gasteiger partial charge in [-0.3, -0.25) is 9.97 Å². The van der Waals surface area contributed by atoms with Crippen molar-refractivity contribution in [3.63, 3.8) is 0 Å². The van der Waals surface area contributed by atoms with Crippen LogP contribution in [0.25, 0.3) is 6.08 Å². The van der Waals surface area contributed by atoms with Gasteiger partial charge in [0.15, 0.2) is 0 Å². The minimum Gasteiger partial charge on any atom is -0.258 e. The zero-order valence-electron chi connectivity index (χ0n) is 8.49. The molecule has 0 amide bonds. The molecule has 0 fully saturated rings. The van der Waals surface area contributed by atoms with E-state index in [1.807, 2.05) is 32.9 Å². The van der Waals surface area contributed by atoms with Crippen molar-refractivity contribution < 1.29 is 0 Å². The second kappa shape index (κ2) is 7.22. The number of aromatic nitrogens is 2. The van der Waals surface area contributed by atoms with E-state index in [0.29, 0.717) is 0 Å². The van der Waals surface area contributed by atoms with E-state index in [2.05, 4.69) is 16.5 Å². The summed E-state index contributed by atoms with van der Waals surface area (Å²) in [4.78, 5) is 8.20. The molecule has 0 bridgehead atoms. The van der Waals surface area contributed by atoms with Gasteiger partial charge in [-0.15, -0.1) is 0 Å². The van der Waals surface area contributed by atoms with E-state index in [0.717, 1.165) is 11.4 Å². The SMILES string of the molecule is C=C/C=C\c1nccnc1C.CC. The Hall–Kier alpha value is -1.44. The summed E-state index contributed by atoms with van der Waals surface area (Å²) in [5.74, 6) is 0. The van der Waals surface area contributed by atoms with Crippen molar-refractivity contribution in [2.45, 2.75) is 20.8 Å². The second-order valence-electron chi connectivity index (χ2n) is 2.12. The molecule has 13 heavy (non-hydrogen) atoms. The number of rotatable bonds is 2. The first kappa shape index (κ1) is 11.6. The lowest BCUT2D eigenvalue weighted by atomic mass is 10.3. The third kappa shape index (κ3) is 4.21. The molecule has 0 saturated heterocycles. The lowest BCUT2D eigenvalue weighted by molar-refractivity contribution is 1.10. The number of allylic oxidation sites excluding steroid dienone is 2. The third-order valence-electron chi connectivity index (χ3n) is 1.31. The smallest absolute Gasteiger partial charge is 0.0842 e. The Bertz CT molecular complexity index is 277. The van der Waals surface area contributed by atoms with Crippen LogP contribution >= 0.6 is 0 Å². The maximum absolute atomic E-state index is 4.12. The van der Waals surface area contributed by atoms with Crippen LogP contribution in [0.3, 0.4) is 0 Å². The average Bonchev–Trinajstić information content (AvgIpc) is 2.20. The number of nitrogens with zero attached hydrogens (tertiary/aromatic N) is 2. The van der Waals surface area contributed by atoms with Gasteiger partial charge >= 0.3 is 0 Å². The average molecular weight is 176 g/mol. The second-order valence-corrected chi connectivity index (χ2v) is 2.12. The maximum atomic E-state index is 4.12. The van der Waals surface area contributed by atoms with E-state index in [4.69, 9.17) is 0 Å². The molecule has 0 atom stereocenters. The molecule has 0 N–H and O–H groups in total. The summed E-state index contributed by atoms with van der Waals surface area (Å²) in [5.41, 5.74) is 1.83. The summed E-state index contributed by atoms with van der Waals surface area (Å²) in [6, 6.07) is 0. The van der Waals surface area contributed by atoms with Crippen molar-refractivity contribution in [1.29, 1.82) is 0 Å². The standard InChI is InChI=1S/C9H10N2.C2H6/c1-3-4-5-9-8(2)10-6-7-11-9;1-2/h3-7H,1H2,2H3;1-2H3/b5-4-;. The Kier molecular flexibility index (Phi) is 6.42. The van der Waals surface area contributed by atoms with E-state index in [1.165, 1.54) is 0 Å². The highest BCUT2D eigenvalue weighted by atomic mass is 14.8. The first-order valence-electron chi connectivity index (χ1n) is 4.41. The summed E-state index contributed by atoms with van der Waals surface area (Å²) < 4.78 is 0. The normalized spacial score (nSPS) is 9.15. The quantitative estimate of drug-likeness (QED) is 0.647. The van der Waals surface area contributed by atoms with Gasteiger partial charge in [-0.05, 0) is 13.0 Å². The Morgan fingerprint density at radius 3 is 2.38 bits per heavy atom. The van der Waals surface area contributed by atoms with E-state index in [1.54, 1.807) is 18.5 Å². The minimum atomic E-state index is 0.896. The van der Waals surface area contributed by atoms with Crippen LogP contribution in [0.2, 0.25) is 0 Å². The molecule has 0 spiro atoms. The lowest BCUT2D eigenvalue weighted by Gasteiger charge is -1.94. The molecular formula is C11H16N2. The van der Waals surface area contributed by atoms with Crippen LogP contribution in [-0.2, 0) is 0 Å². The Labute approximate surface area is 80.1 Å². The highest BCUT2D eigenvalue weighted by Crippen LogP contribution is 2.00. The van der Waals surface area contributed by atoms with Gasteiger partial charge < -0.3 is 0 Å². The molecule has 2 nitrogen and oxygen atoms in total. The summed E-state index contributed by atoms with van der Waals surface area (Å²) in [7, 11) is 0. The van der Waals surface area contributed by atoms with Crippen molar-refractivity contribution in [2.75, 3.05) is 0 Å². The number of hydrogen-bond donors (Lipinski definition) is 0. The maximum Gasteiger partial charge on any atom is 0.0842 e. The molecule has 1 heterocycles. The van der Waals surface area contributed by atoms with Crippen molar-refractivity contribution in [3.05, 3.63) is 42.5 Å². The van der Waals surface area contributed by atoms with Gasteiger partial charge in [-0.1, -0.05) is 32.6 Å². The molecule has 0 unspecified atom stereocenters. The molecule has 0 saturated carbocycles. The fourth-order valence-electron chi connectivity index (χ4n) is 0.741.